The van der Waals surface area contributed by atoms with Crippen molar-refractivity contribution in [2.24, 2.45) is 0 Å². The van der Waals surface area contributed by atoms with Gasteiger partial charge in [-0.25, -0.2) is 0 Å². The third-order valence-electron chi connectivity index (χ3n) is 4.11. The van der Waals surface area contributed by atoms with E-state index >= 15 is 0 Å². The first-order chi connectivity index (χ1) is 9.67. The number of nitrogens with two attached hydrogens (primary N) is 1. The van der Waals surface area contributed by atoms with Crippen LogP contribution in [0.1, 0.15) is 12.0 Å². The van der Waals surface area contributed by atoms with Crippen molar-refractivity contribution in [3.05, 3.63) is 5.56 Å². The molecule has 1 unspecified atom stereocenters. The van der Waals surface area contributed by atoms with Gasteiger partial charge in [-0.1, -0.05) is 0 Å². The lowest BCUT2D eigenvalue weighted by Crippen LogP contribution is -2.45. The first-order valence-electron chi connectivity index (χ1n) is 7.14. The molecular weight excluding hydrogens is 256 g/mol. The molecule has 20 heavy (non-hydrogen) atoms. The van der Waals surface area contributed by atoms with Gasteiger partial charge in [0.15, 0.2) is 0 Å². The van der Waals surface area contributed by atoms with Crippen LogP contribution in [-0.4, -0.2) is 65.8 Å². The smallest absolute Gasteiger partial charge is 0.223 e. The van der Waals surface area contributed by atoms with Crippen molar-refractivity contribution >= 4 is 17.6 Å². The summed E-state index contributed by atoms with van der Waals surface area (Å²) < 4.78 is 0. The Hall–Kier alpha value is -1.60. The third-order valence-corrected chi connectivity index (χ3v) is 4.11. The van der Waals surface area contributed by atoms with E-state index in [0.717, 1.165) is 56.2 Å². The molecule has 110 valence electrons. The number of anilines is 3. The first kappa shape index (κ1) is 13.4. The number of nitrogen functional groups attached to an aromatic ring is 1. The van der Waals surface area contributed by atoms with E-state index in [1.54, 1.807) is 0 Å². The van der Waals surface area contributed by atoms with Crippen molar-refractivity contribution in [2.45, 2.75) is 18.9 Å². The zero-order chi connectivity index (χ0) is 14.1. The number of rotatable bonds is 2. The number of fused-ring (bicyclic) bond motifs is 1. The molecule has 0 bridgehead atoms. The minimum atomic E-state index is 0.0668. The Morgan fingerprint density at radius 2 is 2.05 bits per heavy atom. The number of aromatic nitrogens is 2. The summed E-state index contributed by atoms with van der Waals surface area (Å²) in [6.07, 6.45) is 1.78. The highest BCUT2D eigenvalue weighted by atomic mass is 16.3. The Morgan fingerprint density at radius 1 is 1.30 bits per heavy atom. The van der Waals surface area contributed by atoms with Crippen molar-refractivity contribution in [2.75, 3.05) is 55.8 Å². The van der Waals surface area contributed by atoms with E-state index in [-0.39, 0.29) is 12.6 Å². The van der Waals surface area contributed by atoms with Crippen LogP contribution in [-0.2, 0) is 6.42 Å². The normalized spacial score (nSPS) is 23.3. The quantitative estimate of drug-likeness (QED) is 0.673. The summed E-state index contributed by atoms with van der Waals surface area (Å²) in [5.74, 6) is 2.05. The Labute approximate surface area is 118 Å². The first-order valence-corrected chi connectivity index (χ1v) is 7.14. The van der Waals surface area contributed by atoms with Crippen LogP contribution in [0.2, 0.25) is 0 Å². The van der Waals surface area contributed by atoms with Crippen molar-refractivity contribution in [3.63, 3.8) is 0 Å². The maximum absolute atomic E-state index is 9.28. The summed E-state index contributed by atoms with van der Waals surface area (Å²) >= 11 is 0. The molecule has 0 aromatic carbocycles. The van der Waals surface area contributed by atoms with Gasteiger partial charge in [-0.2, -0.15) is 9.97 Å². The highest BCUT2D eigenvalue weighted by Gasteiger charge is 2.26. The molecule has 0 spiro atoms. The molecule has 0 radical (unpaired) electrons. The van der Waals surface area contributed by atoms with Crippen LogP contribution in [0.25, 0.3) is 0 Å². The van der Waals surface area contributed by atoms with Gasteiger partial charge in [-0.15, -0.1) is 0 Å². The van der Waals surface area contributed by atoms with E-state index < -0.39 is 0 Å². The lowest BCUT2D eigenvalue weighted by atomic mass is 10.0. The summed E-state index contributed by atoms with van der Waals surface area (Å²) in [6.45, 7) is 4.11. The molecule has 1 fully saturated rings. The van der Waals surface area contributed by atoms with Gasteiger partial charge in [0.05, 0.1) is 12.6 Å². The van der Waals surface area contributed by atoms with E-state index in [1.165, 1.54) is 0 Å². The lowest BCUT2D eigenvalue weighted by Gasteiger charge is -2.36. The topological polar surface area (TPSA) is 90.5 Å². The maximum Gasteiger partial charge on any atom is 0.223 e. The highest BCUT2D eigenvalue weighted by Crippen LogP contribution is 2.31. The number of hydrogen-bond donors (Lipinski definition) is 3. The molecule has 0 amide bonds. The third kappa shape index (κ3) is 2.51. The summed E-state index contributed by atoms with van der Waals surface area (Å²) in [6, 6.07) is 0.0668. The average Bonchev–Trinajstić information content (AvgIpc) is 2.46. The number of aliphatic hydroxyl groups is 1. The summed E-state index contributed by atoms with van der Waals surface area (Å²) in [5.41, 5.74) is 6.97. The van der Waals surface area contributed by atoms with E-state index in [4.69, 9.17) is 5.73 Å². The molecular formula is C13H22N6O. The van der Waals surface area contributed by atoms with Crippen molar-refractivity contribution < 1.29 is 5.11 Å². The van der Waals surface area contributed by atoms with Gasteiger partial charge < -0.3 is 26.0 Å². The predicted molar refractivity (Wildman–Crippen MR) is 79.0 cm³/mol. The molecule has 3 heterocycles. The minimum absolute atomic E-state index is 0.0668. The molecule has 2 aliphatic rings. The fraction of sp³-hybridized carbons (Fsp3) is 0.692. The number of nitrogens with zero attached hydrogens (tertiary/aromatic N) is 4. The number of aliphatic hydroxyl groups excluding tert-OH is 1. The van der Waals surface area contributed by atoms with E-state index in [9.17, 15) is 5.11 Å². The van der Waals surface area contributed by atoms with Crippen molar-refractivity contribution in [1.29, 1.82) is 0 Å². The molecule has 0 saturated carbocycles. The Morgan fingerprint density at radius 3 is 2.75 bits per heavy atom. The number of nitrogens with one attached hydrogen (secondary N) is 1. The van der Waals surface area contributed by atoms with Gasteiger partial charge in [0.25, 0.3) is 0 Å². The Balaban J connectivity index is 1.89. The van der Waals surface area contributed by atoms with Gasteiger partial charge in [-0.3, -0.25) is 0 Å². The second kappa shape index (κ2) is 5.41. The average molecular weight is 278 g/mol. The van der Waals surface area contributed by atoms with Crippen LogP contribution in [0.15, 0.2) is 0 Å². The van der Waals surface area contributed by atoms with Gasteiger partial charge in [0.1, 0.15) is 11.6 Å². The molecule has 3 rings (SSSR count). The van der Waals surface area contributed by atoms with E-state index in [2.05, 4.69) is 32.1 Å². The molecule has 1 aromatic heterocycles. The minimum Gasteiger partial charge on any atom is -0.394 e. The van der Waals surface area contributed by atoms with Crippen LogP contribution in [0.5, 0.6) is 0 Å². The second-order valence-corrected chi connectivity index (χ2v) is 5.59. The molecule has 7 heteroatoms. The van der Waals surface area contributed by atoms with E-state index in [0.29, 0.717) is 5.95 Å². The Bertz CT molecular complexity index is 486. The highest BCUT2D eigenvalue weighted by molar-refractivity contribution is 5.63. The molecule has 1 aromatic rings. The molecule has 4 N–H and O–H groups in total. The zero-order valence-corrected chi connectivity index (χ0v) is 11.8. The molecule has 1 saturated heterocycles. The van der Waals surface area contributed by atoms with Gasteiger partial charge in [-0.05, 0) is 19.9 Å². The van der Waals surface area contributed by atoms with Crippen molar-refractivity contribution in [1.82, 2.24) is 14.9 Å². The largest absolute Gasteiger partial charge is 0.394 e. The fourth-order valence-electron chi connectivity index (χ4n) is 2.84. The number of hydrogen-bond acceptors (Lipinski definition) is 7. The van der Waals surface area contributed by atoms with Gasteiger partial charge >= 0.3 is 0 Å². The van der Waals surface area contributed by atoms with Gasteiger partial charge in [0, 0.05) is 31.7 Å². The molecule has 0 aliphatic carbocycles. The van der Waals surface area contributed by atoms with Crippen LogP contribution >= 0.6 is 0 Å². The monoisotopic (exact) mass is 278 g/mol. The zero-order valence-electron chi connectivity index (χ0n) is 11.8. The molecule has 1 atom stereocenters. The number of piperazine rings is 1. The van der Waals surface area contributed by atoms with E-state index in [1.807, 2.05) is 0 Å². The predicted octanol–water partition coefficient (Wildman–Crippen LogP) is -0.470. The van der Waals surface area contributed by atoms with Crippen LogP contribution in [0, 0.1) is 0 Å². The van der Waals surface area contributed by atoms with Crippen LogP contribution in [0.4, 0.5) is 17.6 Å². The molecule has 2 aliphatic heterocycles. The Kier molecular flexibility index (Phi) is 3.62. The summed E-state index contributed by atoms with van der Waals surface area (Å²) in [4.78, 5) is 13.3. The summed E-state index contributed by atoms with van der Waals surface area (Å²) in [5, 5.41) is 12.5. The maximum atomic E-state index is 9.28. The fourth-order valence-corrected chi connectivity index (χ4v) is 2.84. The number of likely N-dealkylation sites (N-methyl/N-ethyl adjacent to an activating group) is 1. The summed E-state index contributed by atoms with van der Waals surface area (Å²) in [7, 11) is 2.13. The lowest BCUT2D eigenvalue weighted by molar-refractivity contribution is 0.266. The second-order valence-electron chi connectivity index (χ2n) is 5.59. The van der Waals surface area contributed by atoms with Gasteiger partial charge in [0.2, 0.25) is 5.95 Å². The standard InChI is InChI=1S/C13H22N6O/c1-18-4-6-19(7-5-18)12-10-3-2-9(8-20)15-11(10)16-13(14)17-12/h9,20H,2-8H2,1H3,(H3,14,15,16,17). The molecule has 7 nitrogen and oxygen atoms in total. The van der Waals surface area contributed by atoms with Crippen molar-refractivity contribution in [3.8, 4) is 0 Å². The van der Waals surface area contributed by atoms with Crippen LogP contribution in [0.3, 0.4) is 0 Å². The van der Waals surface area contributed by atoms with Crippen LogP contribution < -0.4 is 16.0 Å². The SMILES string of the molecule is CN1CCN(c2nc(N)nc3c2CCC(CO)N3)CC1.